The fourth-order valence-corrected chi connectivity index (χ4v) is 6.41. The normalized spacial score (nSPS) is 22.8. The van der Waals surface area contributed by atoms with E-state index in [4.69, 9.17) is 4.74 Å². The quantitative estimate of drug-likeness (QED) is 0.585. The molecule has 1 aromatic heterocycles. The van der Waals surface area contributed by atoms with Gasteiger partial charge in [0.25, 0.3) is 0 Å². The van der Waals surface area contributed by atoms with Crippen LogP contribution in [0.15, 0.2) is 30.3 Å². The van der Waals surface area contributed by atoms with E-state index in [9.17, 15) is 14.0 Å². The molecular weight excluding hydrogens is 507 g/mol. The van der Waals surface area contributed by atoms with Gasteiger partial charge in [-0.25, -0.2) is 13.9 Å². The molecule has 0 unspecified atom stereocenters. The van der Waals surface area contributed by atoms with Crippen molar-refractivity contribution in [2.45, 2.75) is 51.8 Å². The fraction of sp³-hybridized carbons (Fsp3) is 0.593. The van der Waals surface area contributed by atoms with E-state index in [1.807, 2.05) is 44.7 Å². The minimum Gasteiger partial charge on any atom is -0.444 e. The monoisotopic (exact) mass is 544 g/mol. The highest BCUT2D eigenvalue weighted by Gasteiger charge is 2.45. The van der Waals surface area contributed by atoms with Gasteiger partial charge in [-0.2, -0.15) is 5.10 Å². The zero-order chi connectivity index (χ0) is 27.0. The first kappa shape index (κ1) is 26.8. The van der Waals surface area contributed by atoms with Gasteiger partial charge in [-0.1, -0.05) is 6.07 Å². The molecule has 1 aromatic carbocycles. The van der Waals surface area contributed by atoms with Crippen LogP contribution in [0.3, 0.4) is 0 Å². The predicted molar refractivity (Wildman–Crippen MR) is 146 cm³/mol. The number of anilines is 1. The van der Waals surface area contributed by atoms with Gasteiger partial charge in [0.2, 0.25) is 5.91 Å². The Hall–Kier alpha value is -2.79. The van der Waals surface area contributed by atoms with Crippen molar-refractivity contribution < 1.29 is 18.7 Å². The molecule has 38 heavy (non-hydrogen) atoms. The van der Waals surface area contributed by atoms with Crippen LogP contribution in [0, 0.1) is 12.7 Å². The third-order valence-corrected chi connectivity index (χ3v) is 8.24. The van der Waals surface area contributed by atoms with Gasteiger partial charge in [-0.3, -0.25) is 14.6 Å². The number of rotatable bonds is 4. The summed E-state index contributed by atoms with van der Waals surface area (Å²) < 4.78 is 21.4. The van der Waals surface area contributed by atoms with Gasteiger partial charge in [-0.15, -0.1) is 11.8 Å². The Bertz CT molecular complexity index is 1170. The minimum atomic E-state index is -0.624. The number of ether oxygens (including phenoxy) is 1. The van der Waals surface area contributed by atoms with Gasteiger partial charge in [0, 0.05) is 57.1 Å². The molecule has 5 rings (SSSR count). The van der Waals surface area contributed by atoms with Crippen LogP contribution in [0.5, 0.6) is 0 Å². The van der Waals surface area contributed by atoms with Crippen molar-refractivity contribution in [1.82, 2.24) is 24.5 Å². The second-order valence-electron chi connectivity index (χ2n) is 11.2. The number of hydrogen-bond donors (Lipinski definition) is 0. The number of aryl methyl sites for hydroxylation is 1. The molecule has 0 saturated carbocycles. The summed E-state index contributed by atoms with van der Waals surface area (Å²) in [6, 6.07) is 8.09. The highest BCUT2D eigenvalue weighted by atomic mass is 32.2. The zero-order valence-corrected chi connectivity index (χ0v) is 23.4. The minimum absolute atomic E-state index is 0.0245. The molecule has 3 fully saturated rings. The van der Waals surface area contributed by atoms with Crippen LogP contribution >= 0.6 is 11.8 Å². The SMILES string of the molecule is Cc1cc(N2CCN([C@H]3C[C@@H](C(=O)N4CCSC4)N(C(=O)OC(C)(C)C)C3)CC2)n(-c2cccc(F)c2)n1. The predicted octanol–water partition coefficient (Wildman–Crippen LogP) is 3.35. The third kappa shape index (κ3) is 5.78. The molecule has 2 atom stereocenters. The lowest BCUT2D eigenvalue weighted by molar-refractivity contribution is -0.134. The molecule has 2 amide bonds. The van der Waals surface area contributed by atoms with Crippen LogP contribution in [0.25, 0.3) is 5.69 Å². The molecule has 4 heterocycles. The number of thioether (sulfide) groups is 1. The standard InChI is InChI=1S/C27H37FN6O3S/c1-19-14-24(34(29-19)21-7-5-6-20(28)15-21)31-10-8-30(9-11-31)22-16-23(25(35)32-12-13-38-18-32)33(17-22)26(36)37-27(2,3)4/h5-7,14-15,22-23H,8-13,16-18H2,1-4H3/t22-,23-/m0/s1. The van der Waals surface area contributed by atoms with E-state index in [0.717, 1.165) is 50.0 Å². The number of nitrogens with zero attached hydrogens (tertiary/aromatic N) is 6. The van der Waals surface area contributed by atoms with Crippen LogP contribution in [0.1, 0.15) is 32.9 Å². The van der Waals surface area contributed by atoms with Crippen molar-refractivity contribution in [2.75, 3.05) is 55.8 Å². The maximum Gasteiger partial charge on any atom is 0.411 e. The lowest BCUT2D eigenvalue weighted by Crippen LogP contribution is -2.51. The number of piperazine rings is 1. The van der Waals surface area contributed by atoms with Crippen LogP contribution in [-0.2, 0) is 9.53 Å². The molecule has 0 bridgehead atoms. The van der Waals surface area contributed by atoms with E-state index in [1.54, 1.807) is 27.4 Å². The number of amides is 2. The van der Waals surface area contributed by atoms with Gasteiger partial charge in [0.1, 0.15) is 23.3 Å². The molecule has 3 saturated heterocycles. The Morgan fingerprint density at radius 3 is 2.53 bits per heavy atom. The molecule has 3 aliphatic heterocycles. The van der Waals surface area contributed by atoms with Crippen molar-refractivity contribution in [1.29, 1.82) is 0 Å². The molecule has 206 valence electrons. The molecule has 0 N–H and O–H groups in total. The summed E-state index contributed by atoms with van der Waals surface area (Å²) in [5.74, 6) is 2.28. The number of aromatic nitrogens is 2. The highest BCUT2D eigenvalue weighted by Crippen LogP contribution is 2.30. The Morgan fingerprint density at radius 1 is 1.11 bits per heavy atom. The lowest BCUT2D eigenvalue weighted by Gasteiger charge is -2.38. The maximum atomic E-state index is 13.9. The van der Waals surface area contributed by atoms with Crippen LogP contribution in [0.4, 0.5) is 15.0 Å². The Morgan fingerprint density at radius 2 is 1.87 bits per heavy atom. The number of halogens is 1. The second-order valence-corrected chi connectivity index (χ2v) is 12.3. The summed E-state index contributed by atoms with van der Waals surface area (Å²) in [6.45, 7) is 11.8. The number of carbonyl (C=O) groups excluding carboxylic acids is 2. The van der Waals surface area contributed by atoms with Gasteiger partial charge < -0.3 is 14.5 Å². The summed E-state index contributed by atoms with van der Waals surface area (Å²) in [5, 5.41) is 4.61. The van der Waals surface area contributed by atoms with Gasteiger partial charge in [0.15, 0.2) is 0 Å². The van der Waals surface area contributed by atoms with Crippen molar-refractivity contribution in [3.05, 3.63) is 41.8 Å². The van der Waals surface area contributed by atoms with E-state index < -0.39 is 17.7 Å². The van der Waals surface area contributed by atoms with Crippen LogP contribution in [0.2, 0.25) is 0 Å². The maximum absolute atomic E-state index is 13.9. The van der Waals surface area contributed by atoms with Crippen molar-refractivity contribution in [3.63, 3.8) is 0 Å². The summed E-state index contributed by atoms with van der Waals surface area (Å²) >= 11 is 1.74. The molecule has 11 heteroatoms. The number of benzene rings is 1. The average Bonchev–Trinajstić information content (AvgIpc) is 3.62. The van der Waals surface area contributed by atoms with Crippen LogP contribution < -0.4 is 4.90 Å². The fourth-order valence-electron chi connectivity index (χ4n) is 5.46. The van der Waals surface area contributed by atoms with E-state index in [0.29, 0.717) is 24.5 Å². The van der Waals surface area contributed by atoms with Crippen molar-refractivity contribution >= 4 is 29.6 Å². The summed E-state index contributed by atoms with van der Waals surface area (Å²) in [4.78, 5) is 34.7. The first-order valence-electron chi connectivity index (χ1n) is 13.3. The van der Waals surface area contributed by atoms with E-state index in [1.165, 1.54) is 12.1 Å². The van der Waals surface area contributed by atoms with E-state index >= 15 is 0 Å². The number of hydrogen-bond acceptors (Lipinski definition) is 7. The summed E-state index contributed by atoms with van der Waals surface area (Å²) in [7, 11) is 0. The molecule has 0 aliphatic carbocycles. The smallest absolute Gasteiger partial charge is 0.411 e. The molecule has 0 radical (unpaired) electrons. The molecular formula is C27H37FN6O3S. The number of likely N-dealkylation sites (tertiary alicyclic amines) is 1. The summed E-state index contributed by atoms with van der Waals surface area (Å²) in [6.07, 6.45) is 0.192. The van der Waals surface area contributed by atoms with E-state index in [2.05, 4.69) is 14.9 Å². The van der Waals surface area contributed by atoms with Crippen LogP contribution in [-0.4, -0.2) is 105 Å². The van der Waals surface area contributed by atoms with Gasteiger partial charge in [0.05, 0.1) is 17.3 Å². The van der Waals surface area contributed by atoms with Gasteiger partial charge in [-0.05, 0) is 52.3 Å². The average molecular weight is 545 g/mol. The molecule has 2 aromatic rings. The van der Waals surface area contributed by atoms with Gasteiger partial charge >= 0.3 is 6.09 Å². The largest absolute Gasteiger partial charge is 0.444 e. The topological polar surface area (TPSA) is 74.2 Å². The Labute approximate surface area is 227 Å². The first-order chi connectivity index (χ1) is 18.1. The Kier molecular flexibility index (Phi) is 7.59. The molecule has 0 spiro atoms. The highest BCUT2D eigenvalue weighted by molar-refractivity contribution is 7.99. The number of carbonyl (C=O) groups is 2. The lowest BCUT2D eigenvalue weighted by atomic mass is 10.1. The third-order valence-electron chi connectivity index (χ3n) is 7.28. The molecule has 9 nitrogen and oxygen atoms in total. The summed E-state index contributed by atoms with van der Waals surface area (Å²) in [5.41, 5.74) is 0.943. The Balaban J connectivity index is 1.28. The second kappa shape index (κ2) is 10.8. The first-order valence-corrected chi connectivity index (χ1v) is 14.4. The van der Waals surface area contributed by atoms with Crippen molar-refractivity contribution in [2.24, 2.45) is 0 Å². The zero-order valence-electron chi connectivity index (χ0n) is 22.6. The molecule has 3 aliphatic rings. The van der Waals surface area contributed by atoms with Crippen molar-refractivity contribution in [3.8, 4) is 5.69 Å². The van der Waals surface area contributed by atoms with E-state index in [-0.39, 0.29) is 17.8 Å².